The standard InChI is InChI=1S/C9H6N4O3S/c10-7-5(8(14)15)6(12-16-7)4-3-17-9-11-1-2-13(4)9/h1-3H,10H2,(H,14,15). The highest BCUT2D eigenvalue weighted by atomic mass is 32.1. The summed E-state index contributed by atoms with van der Waals surface area (Å²) < 4.78 is 6.45. The Balaban J connectivity index is 2.30. The third kappa shape index (κ3) is 1.31. The summed E-state index contributed by atoms with van der Waals surface area (Å²) >= 11 is 1.38. The normalized spacial score (nSPS) is 11.1. The van der Waals surface area contributed by atoms with Crippen LogP contribution >= 0.6 is 11.3 Å². The first-order valence-corrected chi connectivity index (χ1v) is 5.46. The number of hydrogen-bond donors (Lipinski definition) is 2. The Kier molecular flexibility index (Phi) is 1.92. The molecule has 8 heteroatoms. The van der Waals surface area contributed by atoms with E-state index >= 15 is 0 Å². The third-order valence-corrected chi connectivity index (χ3v) is 3.17. The molecule has 0 aromatic carbocycles. The van der Waals surface area contributed by atoms with Crippen molar-refractivity contribution in [1.82, 2.24) is 14.5 Å². The molecule has 0 saturated carbocycles. The molecule has 86 valence electrons. The van der Waals surface area contributed by atoms with Crippen molar-refractivity contribution < 1.29 is 14.4 Å². The van der Waals surface area contributed by atoms with Gasteiger partial charge < -0.3 is 15.4 Å². The van der Waals surface area contributed by atoms with Crippen LogP contribution in [0, 0.1) is 0 Å². The number of nitrogens with zero attached hydrogens (tertiary/aromatic N) is 3. The number of imidazole rings is 1. The molecule has 3 heterocycles. The number of anilines is 1. The Morgan fingerprint density at radius 1 is 1.59 bits per heavy atom. The maximum absolute atomic E-state index is 11.1. The average Bonchev–Trinajstić information content (AvgIpc) is 2.90. The Bertz CT molecular complexity index is 711. The molecule has 0 bridgehead atoms. The molecule has 3 rings (SSSR count). The van der Waals surface area contributed by atoms with Crippen LogP contribution in [0.2, 0.25) is 0 Å². The molecule has 0 amide bonds. The van der Waals surface area contributed by atoms with Gasteiger partial charge in [0.1, 0.15) is 5.69 Å². The van der Waals surface area contributed by atoms with Gasteiger partial charge in [-0.3, -0.25) is 4.40 Å². The van der Waals surface area contributed by atoms with Crippen molar-refractivity contribution in [3.63, 3.8) is 0 Å². The predicted octanol–water partition coefficient (Wildman–Crippen LogP) is 1.33. The molecule has 17 heavy (non-hydrogen) atoms. The van der Waals surface area contributed by atoms with Gasteiger partial charge in [0.2, 0.25) is 5.88 Å². The fourth-order valence-electron chi connectivity index (χ4n) is 1.58. The monoisotopic (exact) mass is 250 g/mol. The number of fused-ring (bicyclic) bond motifs is 1. The smallest absolute Gasteiger partial charge is 0.343 e. The number of carboxylic acids is 1. The highest BCUT2D eigenvalue weighted by Crippen LogP contribution is 2.30. The fraction of sp³-hybridized carbons (Fsp3) is 0. The molecular weight excluding hydrogens is 244 g/mol. The zero-order valence-corrected chi connectivity index (χ0v) is 9.14. The van der Waals surface area contributed by atoms with Gasteiger partial charge in [0.05, 0.1) is 5.69 Å². The van der Waals surface area contributed by atoms with Gasteiger partial charge in [0.15, 0.2) is 10.5 Å². The van der Waals surface area contributed by atoms with E-state index in [0.29, 0.717) is 5.69 Å². The van der Waals surface area contributed by atoms with Crippen LogP contribution in [0.25, 0.3) is 16.3 Å². The van der Waals surface area contributed by atoms with Gasteiger partial charge in [-0.1, -0.05) is 5.16 Å². The summed E-state index contributed by atoms with van der Waals surface area (Å²) in [5.41, 5.74) is 6.11. The number of nitrogens with two attached hydrogens (primary N) is 1. The Morgan fingerprint density at radius 3 is 3.18 bits per heavy atom. The minimum Gasteiger partial charge on any atom is -0.477 e. The van der Waals surface area contributed by atoms with Gasteiger partial charge in [-0.15, -0.1) is 11.3 Å². The van der Waals surface area contributed by atoms with E-state index in [9.17, 15) is 4.79 Å². The van der Waals surface area contributed by atoms with Gasteiger partial charge in [-0.05, 0) is 0 Å². The number of nitrogen functional groups attached to an aromatic ring is 1. The van der Waals surface area contributed by atoms with E-state index in [1.165, 1.54) is 11.3 Å². The SMILES string of the molecule is Nc1onc(-c2csc3nccn23)c1C(=O)O. The number of hydrogen-bond acceptors (Lipinski definition) is 6. The molecule has 3 aromatic rings. The van der Waals surface area contributed by atoms with Gasteiger partial charge >= 0.3 is 5.97 Å². The Hall–Kier alpha value is -2.35. The van der Waals surface area contributed by atoms with Crippen molar-refractivity contribution in [3.05, 3.63) is 23.3 Å². The Morgan fingerprint density at radius 2 is 2.41 bits per heavy atom. The summed E-state index contributed by atoms with van der Waals surface area (Å²) in [4.78, 5) is 15.9. The molecule has 0 aliphatic carbocycles. The lowest BCUT2D eigenvalue weighted by Gasteiger charge is -1.95. The maximum Gasteiger partial charge on any atom is 0.343 e. The first-order chi connectivity index (χ1) is 8.18. The lowest BCUT2D eigenvalue weighted by molar-refractivity contribution is 0.0698. The number of carbonyl (C=O) groups is 1. The maximum atomic E-state index is 11.1. The first-order valence-electron chi connectivity index (χ1n) is 4.58. The Labute approximate surface area is 98.1 Å². The second kappa shape index (κ2) is 3.32. The number of thiazole rings is 1. The van der Waals surface area contributed by atoms with E-state index in [0.717, 1.165) is 4.96 Å². The lowest BCUT2D eigenvalue weighted by atomic mass is 10.2. The van der Waals surface area contributed by atoms with Gasteiger partial charge in [-0.2, -0.15) is 0 Å². The van der Waals surface area contributed by atoms with E-state index in [-0.39, 0.29) is 17.1 Å². The van der Waals surface area contributed by atoms with Crippen LogP contribution in [-0.2, 0) is 0 Å². The number of carboxylic acid groups (broad SMARTS) is 1. The second-order valence-electron chi connectivity index (χ2n) is 3.28. The molecular formula is C9H6N4O3S. The van der Waals surface area contributed by atoms with Crippen molar-refractivity contribution in [2.45, 2.75) is 0 Å². The minimum absolute atomic E-state index is 0.126. The molecule has 0 unspecified atom stereocenters. The highest BCUT2D eigenvalue weighted by molar-refractivity contribution is 7.15. The van der Waals surface area contributed by atoms with Gasteiger partial charge in [-0.25, -0.2) is 9.78 Å². The zero-order valence-electron chi connectivity index (χ0n) is 8.32. The van der Waals surface area contributed by atoms with Crippen molar-refractivity contribution in [1.29, 1.82) is 0 Å². The largest absolute Gasteiger partial charge is 0.477 e. The first kappa shape index (κ1) is 9.85. The second-order valence-corrected chi connectivity index (χ2v) is 4.11. The fourth-order valence-corrected chi connectivity index (χ4v) is 2.42. The quantitative estimate of drug-likeness (QED) is 0.710. The number of aromatic carboxylic acids is 1. The molecule has 0 radical (unpaired) electrons. The summed E-state index contributed by atoms with van der Waals surface area (Å²) in [5.74, 6) is -1.37. The van der Waals surface area contributed by atoms with Gasteiger partial charge in [0.25, 0.3) is 0 Å². The van der Waals surface area contributed by atoms with Crippen LogP contribution in [0.3, 0.4) is 0 Å². The number of rotatable bonds is 2. The van der Waals surface area contributed by atoms with Crippen molar-refractivity contribution >= 4 is 28.2 Å². The van der Waals surface area contributed by atoms with Crippen LogP contribution in [0.5, 0.6) is 0 Å². The van der Waals surface area contributed by atoms with Crippen LogP contribution < -0.4 is 5.73 Å². The summed E-state index contributed by atoms with van der Waals surface area (Å²) in [6.07, 6.45) is 3.34. The van der Waals surface area contributed by atoms with E-state index in [1.54, 1.807) is 22.2 Å². The molecule has 0 saturated heterocycles. The molecule has 0 aliphatic heterocycles. The van der Waals surface area contributed by atoms with Crippen LogP contribution in [0.15, 0.2) is 22.3 Å². The lowest BCUT2D eigenvalue weighted by Crippen LogP contribution is -2.01. The minimum atomic E-state index is -1.17. The molecule has 0 fully saturated rings. The molecule has 0 aliphatic rings. The van der Waals surface area contributed by atoms with Crippen LogP contribution in [-0.4, -0.2) is 25.6 Å². The molecule has 7 nitrogen and oxygen atoms in total. The predicted molar refractivity (Wildman–Crippen MR) is 59.9 cm³/mol. The molecule has 0 atom stereocenters. The van der Waals surface area contributed by atoms with Crippen molar-refractivity contribution in [2.75, 3.05) is 5.73 Å². The van der Waals surface area contributed by atoms with Crippen LogP contribution in [0.1, 0.15) is 10.4 Å². The highest BCUT2D eigenvalue weighted by Gasteiger charge is 2.24. The van der Waals surface area contributed by atoms with Crippen LogP contribution in [0.4, 0.5) is 5.88 Å². The summed E-state index contributed by atoms with van der Waals surface area (Å²) in [6, 6.07) is 0. The van der Waals surface area contributed by atoms with Crippen molar-refractivity contribution in [2.24, 2.45) is 0 Å². The van der Waals surface area contributed by atoms with E-state index in [2.05, 4.69) is 10.1 Å². The zero-order chi connectivity index (χ0) is 12.0. The molecule has 0 spiro atoms. The summed E-state index contributed by atoms with van der Waals surface area (Å²) in [5, 5.41) is 14.5. The van der Waals surface area contributed by atoms with Crippen molar-refractivity contribution in [3.8, 4) is 11.4 Å². The van der Waals surface area contributed by atoms with E-state index in [1.807, 2.05) is 0 Å². The topological polar surface area (TPSA) is 107 Å². The van der Waals surface area contributed by atoms with E-state index < -0.39 is 5.97 Å². The summed E-state index contributed by atoms with van der Waals surface area (Å²) in [6.45, 7) is 0. The third-order valence-electron chi connectivity index (χ3n) is 2.32. The molecule has 3 aromatic heterocycles. The number of aromatic nitrogens is 3. The van der Waals surface area contributed by atoms with Gasteiger partial charge in [0, 0.05) is 17.8 Å². The average molecular weight is 250 g/mol. The summed E-state index contributed by atoms with van der Waals surface area (Å²) in [7, 11) is 0. The van der Waals surface area contributed by atoms with E-state index in [4.69, 9.17) is 15.4 Å². The molecule has 3 N–H and O–H groups in total.